The van der Waals surface area contributed by atoms with Crippen molar-refractivity contribution in [2.24, 2.45) is 0 Å². The zero-order chi connectivity index (χ0) is 12.0. The van der Waals surface area contributed by atoms with Crippen LogP contribution in [0.15, 0.2) is 30.3 Å². The molecule has 0 aliphatic rings. The van der Waals surface area contributed by atoms with Gasteiger partial charge in [-0.05, 0) is 12.5 Å². The van der Waals surface area contributed by atoms with Gasteiger partial charge in [-0.25, -0.2) is 5.06 Å². The highest BCUT2D eigenvalue weighted by Gasteiger charge is 2.17. The SMILES string of the molecule is CON(C)C(=O)[C@H](C)OCc1ccccc1. The minimum absolute atomic E-state index is 0.196. The third-order valence-corrected chi connectivity index (χ3v) is 2.27. The van der Waals surface area contributed by atoms with Gasteiger partial charge in [-0.1, -0.05) is 30.3 Å². The topological polar surface area (TPSA) is 38.8 Å². The molecule has 1 atom stereocenters. The molecule has 0 fully saturated rings. The number of ether oxygens (including phenoxy) is 1. The predicted molar refractivity (Wildman–Crippen MR) is 60.5 cm³/mol. The molecule has 1 aromatic carbocycles. The van der Waals surface area contributed by atoms with Crippen molar-refractivity contribution in [1.82, 2.24) is 5.06 Å². The molecule has 4 heteroatoms. The number of nitrogens with zero attached hydrogens (tertiary/aromatic N) is 1. The molecule has 0 saturated heterocycles. The lowest BCUT2D eigenvalue weighted by Gasteiger charge is -2.18. The van der Waals surface area contributed by atoms with Crippen molar-refractivity contribution in [1.29, 1.82) is 0 Å². The van der Waals surface area contributed by atoms with E-state index in [0.29, 0.717) is 6.61 Å². The number of carbonyl (C=O) groups excluding carboxylic acids is 1. The van der Waals surface area contributed by atoms with Crippen LogP contribution in [-0.2, 0) is 21.0 Å². The van der Waals surface area contributed by atoms with E-state index in [-0.39, 0.29) is 5.91 Å². The van der Waals surface area contributed by atoms with Crippen LogP contribution in [0, 0.1) is 0 Å². The van der Waals surface area contributed by atoms with Gasteiger partial charge >= 0.3 is 0 Å². The average Bonchev–Trinajstić information content (AvgIpc) is 2.35. The van der Waals surface area contributed by atoms with Gasteiger partial charge in [0.15, 0.2) is 0 Å². The third-order valence-electron chi connectivity index (χ3n) is 2.27. The molecule has 0 saturated carbocycles. The van der Waals surface area contributed by atoms with E-state index in [1.165, 1.54) is 7.11 Å². The number of carbonyl (C=O) groups is 1. The first-order valence-corrected chi connectivity index (χ1v) is 5.12. The molecular weight excluding hydrogens is 206 g/mol. The zero-order valence-corrected chi connectivity index (χ0v) is 9.84. The summed E-state index contributed by atoms with van der Waals surface area (Å²) in [6, 6.07) is 9.73. The van der Waals surface area contributed by atoms with Gasteiger partial charge in [0.1, 0.15) is 6.10 Å². The van der Waals surface area contributed by atoms with E-state index in [1.54, 1.807) is 14.0 Å². The largest absolute Gasteiger partial charge is 0.364 e. The van der Waals surface area contributed by atoms with Crippen LogP contribution in [0.2, 0.25) is 0 Å². The average molecular weight is 223 g/mol. The summed E-state index contributed by atoms with van der Waals surface area (Å²) in [6.07, 6.45) is -0.509. The minimum atomic E-state index is -0.509. The van der Waals surface area contributed by atoms with E-state index >= 15 is 0 Å². The molecule has 0 radical (unpaired) electrons. The molecule has 4 nitrogen and oxygen atoms in total. The van der Waals surface area contributed by atoms with E-state index in [2.05, 4.69) is 0 Å². The quantitative estimate of drug-likeness (QED) is 0.712. The summed E-state index contributed by atoms with van der Waals surface area (Å²) in [5.74, 6) is -0.196. The second-order valence-electron chi connectivity index (χ2n) is 3.46. The Morgan fingerprint density at radius 2 is 2.00 bits per heavy atom. The summed E-state index contributed by atoms with van der Waals surface area (Å²) < 4.78 is 5.44. The molecular formula is C12H17NO3. The van der Waals surface area contributed by atoms with Gasteiger partial charge < -0.3 is 4.74 Å². The maximum absolute atomic E-state index is 11.6. The van der Waals surface area contributed by atoms with Crippen molar-refractivity contribution in [2.75, 3.05) is 14.2 Å². The van der Waals surface area contributed by atoms with Gasteiger partial charge in [-0.2, -0.15) is 0 Å². The predicted octanol–water partition coefficient (Wildman–Crippen LogP) is 1.61. The Bertz CT molecular complexity index is 326. The van der Waals surface area contributed by atoms with Crippen LogP contribution in [0.5, 0.6) is 0 Å². The zero-order valence-electron chi connectivity index (χ0n) is 9.84. The summed E-state index contributed by atoms with van der Waals surface area (Å²) in [6.45, 7) is 2.13. The first-order chi connectivity index (χ1) is 7.65. The molecule has 16 heavy (non-hydrogen) atoms. The van der Waals surface area contributed by atoms with Crippen molar-refractivity contribution < 1.29 is 14.4 Å². The summed E-state index contributed by atoms with van der Waals surface area (Å²) in [7, 11) is 3.01. The van der Waals surface area contributed by atoms with E-state index in [1.807, 2.05) is 30.3 Å². The van der Waals surface area contributed by atoms with Crippen molar-refractivity contribution >= 4 is 5.91 Å². The van der Waals surface area contributed by atoms with Crippen molar-refractivity contribution in [3.8, 4) is 0 Å². The van der Waals surface area contributed by atoms with Gasteiger partial charge in [0.05, 0.1) is 13.7 Å². The van der Waals surface area contributed by atoms with Crippen molar-refractivity contribution in [2.45, 2.75) is 19.6 Å². The molecule has 1 amide bonds. The van der Waals surface area contributed by atoms with Crippen LogP contribution in [0.3, 0.4) is 0 Å². The number of hydrogen-bond acceptors (Lipinski definition) is 3. The van der Waals surface area contributed by atoms with Gasteiger partial charge in [-0.15, -0.1) is 0 Å². The molecule has 0 bridgehead atoms. The molecule has 1 rings (SSSR count). The normalized spacial score (nSPS) is 12.2. The highest BCUT2D eigenvalue weighted by atomic mass is 16.7. The van der Waals surface area contributed by atoms with Crippen LogP contribution in [0.1, 0.15) is 12.5 Å². The molecule has 0 heterocycles. The molecule has 0 unspecified atom stereocenters. The van der Waals surface area contributed by atoms with Gasteiger partial charge in [-0.3, -0.25) is 9.63 Å². The Hall–Kier alpha value is -1.39. The Morgan fingerprint density at radius 1 is 1.38 bits per heavy atom. The fourth-order valence-corrected chi connectivity index (χ4v) is 1.21. The molecule has 0 spiro atoms. The van der Waals surface area contributed by atoms with Crippen molar-refractivity contribution in [3.63, 3.8) is 0 Å². The molecule has 0 N–H and O–H groups in total. The minimum Gasteiger partial charge on any atom is -0.364 e. The summed E-state index contributed by atoms with van der Waals surface area (Å²) in [5, 5.41) is 1.16. The monoisotopic (exact) mass is 223 g/mol. The second-order valence-corrected chi connectivity index (χ2v) is 3.46. The highest BCUT2D eigenvalue weighted by Crippen LogP contribution is 2.05. The molecule has 0 aromatic heterocycles. The number of likely N-dealkylation sites (N-methyl/N-ethyl adjacent to an activating group) is 1. The lowest BCUT2D eigenvalue weighted by molar-refractivity contribution is -0.180. The summed E-state index contributed by atoms with van der Waals surface area (Å²) in [5.41, 5.74) is 1.04. The lowest BCUT2D eigenvalue weighted by Crippen LogP contribution is -2.35. The maximum atomic E-state index is 11.6. The van der Waals surface area contributed by atoms with Crippen LogP contribution >= 0.6 is 0 Å². The molecule has 1 aromatic rings. The molecule has 0 aliphatic heterocycles. The first kappa shape index (κ1) is 12.7. The number of rotatable bonds is 5. The Balaban J connectivity index is 2.41. The lowest BCUT2D eigenvalue weighted by atomic mass is 10.2. The van der Waals surface area contributed by atoms with Crippen LogP contribution in [0.25, 0.3) is 0 Å². The van der Waals surface area contributed by atoms with E-state index in [9.17, 15) is 4.79 Å². The highest BCUT2D eigenvalue weighted by molar-refractivity contribution is 5.79. The van der Waals surface area contributed by atoms with E-state index < -0.39 is 6.10 Å². The Kier molecular flexibility index (Phi) is 4.95. The van der Waals surface area contributed by atoms with Gasteiger partial charge in [0.2, 0.25) is 0 Å². The standard InChI is InChI=1S/C12H17NO3/c1-10(12(14)13(2)15-3)16-9-11-7-5-4-6-8-11/h4-8,10H,9H2,1-3H3/t10-/m0/s1. The second kappa shape index (κ2) is 6.25. The van der Waals surface area contributed by atoms with Crippen LogP contribution in [0.4, 0.5) is 0 Å². The summed E-state index contributed by atoms with van der Waals surface area (Å²) >= 11 is 0. The molecule has 0 aliphatic carbocycles. The van der Waals surface area contributed by atoms with Gasteiger partial charge in [0.25, 0.3) is 5.91 Å². The number of benzene rings is 1. The Morgan fingerprint density at radius 3 is 2.56 bits per heavy atom. The van der Waals surface area contributed by atoms with Gasteiger partial charge in [0, 0.05) is 7.05 Å². The van der Waals surface area contributed by atoms with E-state index in [4.69, 9.17) is 9.57 Å². The van der Waals surface area contributed by atoms with E-state index in [0.717, 1.165) is 10.6 Å². The number of amides is 1. The van der Waals surface area contributed by atoms with Crippen molar-refractivity contribution in [3.05, 3.63) is 35.9 Å². The third kappa shape index (κ3) is 3.64. The molecule has 88 valence electrons. The Labute approximate surface area is 95.7 Å². The fraction of sp³-hybridized carbons (Fsp3) is 0.417. The number of hydroxylamine groups is 2. The van der Waals surface area contributed by atoms with Crippen LogP contribution in [-0.4, -0.2) is 31.2 Å². The number of hydrogen-bond donors (Lipinski definition) is 0. The first-order valence-electron chi connectivity index (χ1n) is 5.12. The fourth-order valence-electron chi connectivity index (χ4n) is 1.21. The summed E-state index contributed by atoms with van der Waals surface area (Å²) in [4.78, 5) is 16.4. The maximum Gasteiger partial charge on any atom is 0.274 e. The smallest absolute Gasteiger partial charge is 0.274 e. The van der Waals surface area contributed by atoms with Crippen LogP contribution < -0.4 is 0 Å².